The molecule has 0 spiro atoms. The van der Waals surface area contributed by atoms with Gasteiger partial charge in [0.2, 0.25) is 5.91 Å². The van der Waals surface area contributed by atoms with Gasteiger partial charge in [-0.15, -0.1) is 0 Å². The highest BCUT2D eigenvalue weighted by Gasteiger charge is 2.36. The van der Waals surface area contributed by atoms with Crippen LogP contribution in [0.25, 0.3) is 5.65 Å². The van der Waals surface area contributed by atoms with Crippen molar-refractivity contribution >= 4 is 39.1 Å². The highest BCUT2D eigenvalue weighted by atomic mass is 79.9. The van der Waals surface area contributed by atoms with Crippen molar-refractivity contribution in [2.75, 3.05) is 11.4 Å². The van der Waals surface area contributed by atoms with Gasteiger partial charge in [-0.05, 0) is 42.8 Å². The van der Waals surface area contributed by atoms with Crippen molar-refractivity contribution < 1.29 is 14.3 Å². The molecule has 1 aromatic carbocycles. The number of ether oxygens (including phenoxy) is 1. The second-order valence-electron chi connectivity index (χ2n) is 7.01. The van der Waals surface area contributed by atoms with Crippen LogP contribution < -0.4 is 10.5 Å². The van der Waals surface area contributed by atoms with Crippen LogP contribution in [0.15, 0.2) is 57.9 Å². The maximum absolute atomic E-state index is 12.5. The summed E-state index contributed by atoms with van der Waals surface area (Å²) in [5.74, 6) is -1.13. The van der Waals surface area contributed by atoms with Gasteiger partial charge in [0, 0.05) is 35.4 Å². The highest BCUT2D eigenvalue weighted by molar-refractivity contribution is 9.10. The number of amides is 1. The molecule has 0 radical (unpaired) electrons. The normalized spacial score (nSPS) is 16.4. The van der Waals surface area contributed by atoms with E-state index in [1.165, 1.54) is 10.5 Å². The van der Waals surface area contributed by atoms with Crippen molar-refractivity contribution in [1.82, 2.24) is 9.38 Å². The first-order valence-corrected chi connectivity index (χ1v) is 9.91. The zero-order valence-electron chi connectivity index (χ0n) is 15.7. The van der Waals surface area contributed by atoms with Gasteiger partial charge in [0.05, 0.1) is 11.6 Å². The Balaban J connectivity index is 1.43. The third-order valence-electron chi connectivity index (χ3n) is 4.82. The smallest absolute Gasteiger partial charge is 0.311 e. The molecule has 1 unspecified atom stereocenters. The number of aryl methyl sites for hydroxylation is 1. The molecule has 0 bridgehead atoms. The van der Waals surface area contributed by atoms with Gasteiger partial charge in [0.1, 0.15) is 12.3 Å². The number of hydrogen-bond acceptors (Lipinski definition) is 5. The van der Waals surface area contributed by atoms with E-state index in [0.29, 0.717) is 11.3 Å². The first-order valence-electron chi connectivity index (χ1n) is 9.12. The fourth-order valence-electron chi connectivity index (χ4n) is 3.33. The van der Waals surface area contributed by atoms with Gasteiger partial charge < -0.3 is 9.64 Å². The number of aromatic nitrogens is 2. The SMILES string of the molecule is Cc1ccc2nc(COC(=O)C3CC(=O)N(c4ccc(Br)cc4)C3)cc(=O)n2c1. The second kappa shape index (κ2) is 7.79. The van der Waals surface area contributed by atoms with Crippen LogP contribution in [0.3, 0.4) is 0 Å². The summed E-state index contributed by atoms with van der Waals surface area (Å²) < 4.78 is 7.72. The summed E-state index contributed by atoms with van der Waals surface area (Å²) in [6, 6.07) is 12.3. The van der Waals surface area contributed by atoms with Crippen molar-refractivity contribution in [3.8, 4) is 0 Å². The fourth-order valence-corrected chi connectivity index (χ4v) is 3.60. The molecule has 1 fully saturated rings. The van der Waals surface area contributed by atoms with E-state index >= 15 is 0 Å². The van der Waals surface area contributed by atoms with Crippen molar-refractivity contribution in [3.63, 3.8) is 0 Å². The van der Waals surface area contributed by atoms with Crippen LogP contribution in [0.4, 0.5) is 5.69 Å². The molecule has 1 aliphatic heterocycles. The molecule has 8 heteroatoms. The van der Waals surface area contributed by atoms with Gasteiger partial charge in [-0.25, -0.2) is 4.98 Å². The lowest BCUT2D eigenvalue weighted by atomic mass is 10.1. The zero-order chi connectivity index (χ0) is 20.5. The van der Waals surface area contributed by atoms with E-state index in [4.69, 9.17) is 4.74 Å². The minimum atomic E-state index is -0.546. The average Bonchev–Trinajstić information content (AvgIpc) is 3.09. The Kier molecular flexibility index (Phi) is 5.19. The fraction of sp³-hybridized carbons (Fsp3) is 0.238. The van der Waals surface area contributed by atoms with Gasteiger partial charge in [0.25, 0.3) is 5.56 Å². The molecule has 1 amide bonds. The molecule has 7 nitrogen and oxygen atoms in total. The third kappa shape index (κ3) is 4.07. The predicted octanol–water partition coefficient (Wildman–Crippen LogP) is 2.86. The zero-order valence-corrected chi connectivity index (χ0v) is 17.3. The Morgan fingerprint density at radius 3 is 2.72 bits per heavy atom. The summed E-state index contributed by atoms with van der Waals surface area (Å²) in [7, 11) is 0. The monoisotopic (exact) mass is 455 g/mol. The van der Waals surface area contributed by atoms with Crippen molar-refractivity contribution in [3.05, 3.63) is 74.7 Å². The number of esters is 1. The molecule has 0 saturated carbocycles. The second-order valence-corrected chi connectivity index (χ2v) is 7.93. The van der Waals surface area contributed by atoms with E-state index in [1.54, 1.807) is 17.2 Å². The summed E-state index contributed by atoms with van der Waals surface area (Å²) in [5, 5.41) is 0. The van der Waals surface area contributed by atoms with Gasteiger partial charge in [-0.3, -0.25) is 18.8 Å². The van der Waals surface area contributed by atoms with Crippen LogP contribution in [-0.4, -0.2) is 27.8 Å². The summed E-state index contributed by atoms with van der Waals surface area (Å²) in [6.07, 6.45) is 1.81. The molecule has 4 rings (SSSR count). The molecule has 1 aliphatic rings. The van der Waals surface area contributed by atoms with Gasteiger partial charge in [-0.2, -0.15) is 0 Å². The van der Waals surface area contributed by atoms with E-state index in [9.17, 15) is 14.4 Å². The van der Waals surface area contributed by atoms with E-state index in [0.717, 1.165) is 15.7 Å². The first kappa shape index (κ1) is 19.3. The molecular formula is C21H18BrN3O4. The van der Waals surface area contributed by atoms with Gasteiger partial charge in [-0.1, -0.05) is 22.0 Å². The quantitative estimate of drug-likeness (QED) is 0.565. The van der Waals surface area contributed by atoms with Crippen molar-refractivity contribution in [2.24, 2.45) is 5.92 Å². The molecule has 1 saturated heterocycles. The van der Waals surface area contributed by atoms with Crippen LogP contribution in [0.1, 0.15) is 17.7 Å². The summed E-state index contributed by atoms with van der Waals surface area (Å²) in [4.78, 5) is 43.0. The molecular weight excluding hydrogens is 438 g/mol. The summed E-state index contributed by atoms with van der Waals surface area (Å²) in [6.45, 7) is 2.05. The maximum atomic E-state index is 12.5. The molecule has 29 heavy (non-hydrogen) atoms. The van der Waals surface area contributed by atoms with E-state index < -0.39 is 11.9 Å². The van der Waals surface area contributed by atoms with E-state index in [2.05, 4.69) is 20.9 Å². The van der Waals surface area contributed by atoms with Crippen molar-refractivity contribution in [1.29, 1.82) is 0 Å². The maximum Gasteiger partial charge on any atom is 0.311 e. The summed E-state index contributed by atoms with van der Waals surface area (Å²) in [5.41, 5.74) is 2.32. The Hall–Kier alpha value is -3.00. The van der Waals surface area contributed by atoms with Crippen molar-refractivity contribution in [2.45, 2.75) is 20.0 Å². The topological polar surface area (TPSA) is 81.0 Å². The van der Waals surface area contributed by atoms with Gasteiger partial charge >= 0.3 is 5.97 Å². The largest absolute Gasteiger partial charge is 0.459 e. The summed E-state index contributed by atoms with van der Waals surface area (Å²) >= 11 is 3.36. The number of nitrogens with zero attached hydrogens (tertiary/aromatic N) is 3. The van der Waals surface area contributed by atoms with E-state index in [-0.39, 0.29) is 31.0 Å². The first-order chi connectivity index (χ1) is 13.9. The minimum absolute atomic E-state index is 0.0992. The molecule has 3 aromatic rings. The standard InChI is InChI=1S/C21H18BrN3O4/c1-13-2-7-18-23-16(9-20(27)25(18)10-13)12-29-21(28)14-8-19(26)24(11-14)17-5-3-15(22)4-6-17/h2-7,9-10,14H,8,11-12H2,1H3. The Morgan fingerprint density at radius 2 is 1.97 bits per heavy atom. The number of halogens is 1. The Morgan fingerprint density at radius 1 is 1.21 bits per heavy atom. The molecule has 2 aromatic heterocycles. The predicted molar refractivity (Wildman–Crippen MR) is 111 cm³/mol. The molecule has 1 atom stereocenters. The number of carbonyl (C=O) groups excluding carboxylic acids is 2. The number of carbonyl (C=O) groups is 2. The molecule has 0 N–H and O–H groups in total. The average molecular weight is 456 g/mol. The number of hydrogen-bond donors (Lipinski definition) is 0. The van der Waals surface area contributed by atoms with Crippen LogP contribution in [-0.2, 0) is 20.9 Å². The lowest BCUT2D eigenvalue weighted by Gasteiger charge is -2.16. The third-order valence-corrected chi connectivity index (χ3v) is 5.35. The lowest BCUT2D eigenvalue weighted by molar-refractivity contribution is -0.149. The number of anilines is 1. The van der Waals surface area contributed by atoms with Gasteiger partial charge in [0.15, 0.2) is 0 Å². The number of fused-ring (bicyclic) bond motifs is 1. The highest BCUT2D eigenvalue weighted by Crippen LogP contribution is 2.27. The number of rotatable bonds is 4. The molecule has 3 heterocycles. The minimum Gasteiger partial charge on any atom is -0.459 e. The van der Waals surface area contributed by atoms with Crippen LogP contribution in [0, 0.1) is 12.8 Å². The Labute approximate surface area is 175 Å². The van der Waals surface area contributed by atoms with Crippen LogP contribution in [0.5, 0.6) is 0 Å². The van der Waals surface area contributed by atoms with Crippen LogP contribution in [0.2, 0.25) is 0 Å². The number of pyridine rings is 1. The van der Waals surface area contributed by atoms with E-state index in [1.807, 2.05) is 37.3 Å². The molecule has 148 valence electrons. The Bertz CT molecular complexity index is 1160. The number of benzene rings is 1. The lowest BCUT2D eigenvalue weighted by Crippen LogP contribution is -2.26. The van der Waals surface area contributed by atoms with Crippen LogP contribution >= 0.6 is 15.9 Å². The molecule has 0 aliphatic carbocycles.